The summed E-state index contributed by atoms with van der Waals surface area (Å²) in [6.45, 7) is 0. The summed E-state index contributed by atoms with van der Waals surface area (Å²) in [6, 6.07) is 6.56. The van der Waals surface area contributed by atoms with Crippen LogP contribution >= 0.6 is 0 Å². The van der Waals surface area contributed by atoms with Crippen LogP contribution in [0.3, 0.4) is 0 Å². The molecule has 0 saturated heterocycles. The molecule has 0 unspecified atom stereocenters. The molecule has 0 amide bonds. The molecule has 0 fully saturated rings. The Bertz CT molecular complexity index is 718. The zero-order valence-corrected chi connectivity index (χ0v) is 11.8. The van der Waals surface area contributed by atoms with Crippen LogP contribution in [-0.4, -0.2) is 28.9 Å². The first kappa shape index (κ1) is 14.4. The van der Waals surface area contributed by atoms with Crippen LogP contribution < -0.4 is 9.47 Å². The molecule has 21 heavy (non-hydrogen) atoms. The van der Waals surface area contributed by atoms with Crippen molar-refractivity contribution in [1.82, 2.24) is 9.78 Å². The van der Waals surface area contributed by atoms with Gasteiger partial charge in [0.05, 0.1) is 32.4 Å². The summed E-state index contributed by atoms with van der Waals surface area (Å²) < 4.78 is 11.7. The molecule has 7 nitrogen and oxygen atoms in total. The van der Waals surface area contributed by atoms with E-state index in [9.17, 15) is 10.1 Å². The molecule has 0 N–H and O–H groups in total. The van der Waals surface area contributed by atoms with Gasteiger partial charge in [-0.15, -0.1) is 0 Å². The van der Waals surface area contributed by atoms with Crippen LogP contribution in [0.2, 0.25) is 0 Å². The van der Waals surface area contributed by atoms with Gasteiger partial charge in [0.15, 0.2) is 0 Å². The molecular weight excluding hydrogens is 274 g/mol. The second kappa shape index (κ2) is 5.96. The Morgan fingerprint density at radius 2 is 1.76 bits per heavy atom. The summed E-state index contributed by atoms with van der Waals surface area (Å²) in [7, 11) is 4.70. The lowest BCUT2D eigenvalue weighted by Crippen LogP contribution is -1.95. The van der Waals surface area contributed by atoms with E-state index in [1.54, 1.807) is 39.5 Å². The number of aryl methyl sites for hydroxylation is 1. The second-order valence-corrected chi connectivity index (χ2v) is 4.12. The standard InChI is InChI=1S/C14H13N3O4/c1-16-11(8-14(15-16)17(18)19)5-4-10-6-12(20-2)9-13(7-10)21-3/h6-9H,1-3H3. The van der Waals surface area contributed by atoms with Crippen molar-refractivity contribution in [2.24, 2.45) is 7.05 Å². The van der Waals surface area contributed by atoms with E-state index in [1.165, 1.54) is 10.7 Å². The molecule has 0 aliphatic heterocycles. The quantitative estimate of drug-likeness (QED) is 0.488. The predicted molar refractivity (Wildman–Crippen MR) is 75.4 cm³/mol. The van der Waals surface area contributed by atoms with Crippen molar-refractivity contribution in [2.75, 3.05) is 14.2 Å². The third-order valence-corrected chi connectivity index (χ3v) is 2.74. The molecule has 2 rings (SSSR count). The molecule has 0 aliphatic carbocycles. The van der Waals surface area contributed by atoms with Crippen molar-refractivity contribution in [3.63, 3.8) is 0 Å². The van der Waals surface area contributed by atoms with Gasteiger partial charge in [-0.25, -0.2) is 0 Å². The Kier molecular flexibility index (Phi) is 4.09. The van der Waals surface area contributed by atoms with Crippen LogP contribution in [-0.2, 0) is 7.05 Å². The molecule has 0 radical (unpaired) electrons. The van der Waals surface area contributed by atoms with E-state index in [4.69, 9.17) is 9.47 Å². The van der Waals surface area contributed by atoms with Crippen molar-refractivity contribution >= 4 is 5.82 Å². The van der Waals surface area contributed by atoms with Gasteiger partial charge in [0.25, 0.3) is 0 Å². The summed E-state index contributed by atoms with van der Waals surface area (Å²) in [4.78, 5) is 10.1. The van der Waals surface area contributed by atoms with Gasteiger partial charge >= 0.3 is 5.82 Å². The monoisotopic (exact) mass is 287 g/mol. The van der Waals surface area contributed by atoms with Gasteiger partial charge in [0, 0.05) is 11.6 Å². The van der Waals surface area contributed by atoms with E-state index in [0.29, 0.717) is 22.8 Å². The third-order valence-electron chi connectivity index (χ3n) is 2.74. The Morgan fingerprint density at radius 1 is 1.14 bits per heavy atom. The Hall–Kier alpha value is -3.01. The minimum absolute atomic E-state index is 0.231. The lowest BCUT2D eigenvalue weighted by atomic mass is 10.2. The Morgan fingerprint density at radius 3 is 2.24 bits per heavy atom. The van der Waals surface area contributed by atoms with Gasteiger partial charge in [-0.2, -0.15) is 4.68 Å². The van der Waals surface area contributed by atoms with Crippen LogP contribution in [0.25, 0.3) is 0 Å². The Labute approximate surface area is 121 Å². The number of aromatic nitrogens is 2. The van der Waals surface area contributed by atoms with Crippen LogP contribution in [0.5, 0.6) is 11.5 Å². The van der Waals surface area contributed by atoms with Crippen molar-refractivity contribution < 1.29 is 14.4 Å². The molecule has 0 atom stereocenters. The smallest absolute Gasteiger partial charge is 0.391 e. The number of hydrogen-bond donors (Lipinski definition) is 0. The number of rotatable bonds is 3. The van der Waals surface area contributed by atoms with Crippen molar-refractivity contribution in [2.45, 2.75) is 0 Å². The zero-order chi connectivity index (χ0) is 15.4. The fraction of sp³-hybridized carbons (Fsp3) is 0.214. The van der Waals surface area contributed by atoms with Crippen molar-refractivity contribution in [1.29, 1.82) is 0 Å². The first-order valence-corrected chi connectivity index (χ1v) is 5.97. The zero-order valence-electron chi connectivity index (χ0n) is 11.8. The highest BCUT2D eigenvalue weighted by Gasteiger charge is 2.13. The molecule has 7 heteroatoms. The van der Waals surface area contributed by atoms with Crippen LogP contribution in [0.4, 0.5) is 5.82 Å². The molecule has 0 saturated carbocycles. The van der Waals surface area contributed by atoms with E-state index in [-0.39, 0.29) is 5.82 Å². The average Bonchev–Trinajstić information content (AvgIpc) is 2.86. The van der Waals surface area contributed by atoms with Gasteiger partial charge in [-0.05, 0) is 23.0 Å². The average molecular weight is 287 g/mol. The van der Waals surface area contributed by atoms with Crippen molar-refractivity contribution in [3.05, 3.63) is 45.6 Å². The summed E-state index contributed by atoms with van der Waals surface area (Å²) in [5.74, 6) is 6.76. The Balaban J connectivity index is 2.36. The molecule has 0 bridgehead atoms. The van der Waals surface area contributed by atoms with E-state index >= 15 is 0 Å². The summed E-state index contributed by atoms with van der Waals surface area (Å²) in [5, 5.41) is 14.4. The number of ether oxygens (including phenoxy) is 2. The van der Waals surface area contributed by atoms with Crippen LogP contribution in [0.15, 0.2) is 24.3 Å². The lowest BCUT2D eigenvalue weighted by Gasteiger charge is -2.04. The van der Waals surface area contributed by atoms with Gasteiger partial charge in [-0.3, -0.25) is 0 Å². The molecule has 0 aliphatic rings. The van der Waals surface area contributed by atoms with Gasteiger partial charge in [0.1, 0.15) is 17.2 Å². The fourth-order valence-electron chi connectivity index (χ4n) is 1.67. The maximum atomic E-state index is 10.7. The van der Waals surface area contributed by atoms with E-state index in [2.05, 4.69) is 16.9 Å². The summed E-state index contributed by atoms with van der Waals surface area (Å²) in [5.41, 5.74) is 1.12. The first-order chi connectivity index (χ1) is 10.0. The molecule has 1 aromatic carbocycles. The highest BCUT2D eigenvalue weighted by atomic mass is 16.6. The fourth-order valence-corrected chi connectivity index (χ4v) is 1.67. The number of hydrogen-bond acceptors (Lipinski definition) is 5. The van der Waals surface area contributed by atoms with Crippen LogP contribution in [0.1, 0.15) is 11.3 Å². The normalized spacial score (nSPS) is 9.67. The molecule has 108 valence electrons. The highest BCUT2D eigenvalue weighted by molar-refractivity contribution is 5.48. The SMILES string of the molecule is COc1cc(C#Cc2cc([N+](=O)[O-])nn2C)cc(OC)c1. The predicted octanol–water partition coefficient (Wildman–Crippen LogP) is 1.75. The highest BCUT2D eigenvalue weighted by Crippen LogP contribution is 2.22. The van der Waals surface area contributed by atoms with Gasteiger partial charge in [-0.1, -0.05) is 5.92 Å². The number of benzene rings is 1. The maximum absolute atomic E-state index is 10.7. The molecule has 1 aromatic heterocycles. The second-order valence-electron chi connectivity index (χ2n) is 4.12. The van der Waals surface area contributed by atoms with Gasteiger partial charge in [0.2, 0.25) is 0 Å². The summed E-state index contributed by atoms with van der Waals surface area (Å²) in [6.07, 6.45) is 0. The van der Waals surface area contributed by atoms with E-state index in [1.807, 2.05) is 0 Å². The lowest BCUT2D eigenvalue weighted by molar-refractivity contribution is -0.389. The minimum Gasteiger partial charge on any atom is -0.497 e. The van der Waals surface area contributed by atoms with Crippen molar-refractivity contribution in [3.8, 4) is 23.3 Å². The summed E-state index contributed by atoms with van der Waals surface area (Å²) >= 11 is 0. The number of nitro groups is 1. The number of nitrogens with zero attached hydrogens (tertiary/aromatic N) is 3. The maximum Gasteiger partial charge on any atom is 0.391 e. The largest absolute Gasteiger partial charge is 0.497 e. The van der Waals surface area contributed by atoms with E-state index in [0.717, 1.165) is 0 Å². The number of methoxy groups -OCH3 is 2. The van der Waals surface area contributed by atoms with E-state index < -0.39 is 4.92 Å². The van der Waals surface area contributed by atoms with Gasteiger partial charge < -0.3 is 19.6 Å². The minimum atomic E-state index is -0.556. The molecule has 1 heterocycles. The first-order valence-electron chi connectivity index (χ1n) is 5.97. The molecular formula is C14H13N3O4. The third kappa shape index (κ3) is 3.30. The molecule has 2 aromatic rings. The van der Waals surface area contributed by atoms with Crippen LogP contribution in [0, 0.1) is 22.0 Å². The molecule has 0 spiro atoms. The topological polar surface area (TPSA) is 79.4 Å².